The molecule has 0 spiro atoms. The van der Waals surface area contributed by atoms with Crippen LogP contribution in [0.25, 0.3) is 0 Å². The fourth-order valence-corrected chi connectivity index (χ4v) is 1.90. The van der Waals surface area contributed by atoms with E-state index in [4.69, 9.17) is 5.73 Å². The summed E-state index contributed by atoms with van der Waals surface area (Å²) in [6.07, 6.45) is 0. The van der Waals surface area contributed by atoms with Crippen molar-refractivity contribution in [3.63, 3.8) is 0 Å². The van der Waals surface area contributed by atoms with E-state index in [1.807, 2.05) is 0 Å². The van der Waals surface area contributed by atoms with Crippen LogP contribution in [-0.4, -0.2) is 5.78 Å². The molecule has 1 heterocycles. The second-order valence-corrected chi connectivity index (χ2v) is 3.99. The lowest BCUT2D eigenvalue weighted by Crippen LogP contribution is -2.00. The molecule has 1 aromatic heterocycles. The average molecular weight is 221 g/mol. The van der Waals surface area contributed by atoms with Crippen molar-refractivity contribution in [1.82, 2.24) is 0 Å². The number of rotatable bonds is 2. The van der Waals surface area contributed by atoms with E-state index in [-0.39, 0.29) is 11.5 Å². The molecule has 2 aromatic rings. The van der Waals surface area contributed by atoms with E-state index in [1.54, 1.807) is 17.5 Å². The van der Waals surface area contributed by atoms with Crippen LogP contribution in [0.1, 0.15) is 15.2 Å². The fraction of sp³-hybridized carbons (Fsp3) is 0. The van der Waals surface area contributed by atoms with Crippen LogP contribution < -0.4 is 5.73 Å². The van der Waals surface area contributed by atoms with Crippen LogP contribution in [0.5, 0.6) is 0 Å². The van der Waals surface area contributed by atoms with Gasteiger partial charge >= 0.3 is 0 Å². The van der Waals surface area contributed by atoms with Gasteiger partial charge in [0.25, 0.3) is 0 Å². The van der Waals surface area contributed by atoms with Gasteiger partial charge in [-0.05, 0) is 29.6 Å². The molecule has 0 saturated heterocycles. The highest BCUT2D eigenvalue weighted by molar-refractivity contribution is 7.12. The lowest BCUT2D eigenvalue weighted by molar-refractivity contribution is 0.104. The molecule has 0 saturated carbocycles. The third-order valence-corrected chi connectivity index (χ3v) is 2.88. The van der Waals surface area contributed by atoms with Crippen molar-refractivity contribution in [2.45, 2.75) is 0 Å². The number of hydrogen-bond donors (Lipinski definition) is 1. The molecule has 76 valence electrons. The number of thiophene rings is 1. The summed E-state index contributed by atoms with van der Waals surface area (Å²) in [5.74, 6) is -0.735. The molecule has 0 bridgehead atoms. The Morgan fingerprint density at radius 1 is 1.33 bits per heavy atom. The first kappa shape index (κ1) is 9.86. The Hall–Kier alpha value is -1.68. The van der Waals surface area contributed by atoms with Crippen molar-refractivity contribution in [2.75, 3.05) is 5.73 Å². The molecule has 2 N–H and O–H groups in total. The second-order valence-electron chi connectivity index (χ2n) is 3.04. The normalized spacial score (nSPS) is 10.2. The van der Waals surface area contributed by atoms with Crippen LogP contribution >= 0.6 is 11.3 Å². The summed E-state index contributed by atoms with van der Waals surface area (Å²) in [4.78, 5) is 12.4. The topological polar surface area (TPSA) is 43.1 Å². The predicted octanol–water partition coefficient (Wildman–Crippen LogP) is 2.70. The standard InChI is InChI=1S/C11H8FNOS/c12-8-6-7(3-4-9(8)13)11(14)10-2-1-5-15-10/h1-6H,13H2. The Morgan fingerprint density at radius 3 is 2.73 bits per heavy atom. The van der Waals surface area contributed by atoms with Crippen LogP contribution in [0.4, 0.5) is 10.1 Å². The minimum absolute atomic E-state index is 0.0535. The van der Waals surface area contributed by atoms with Gasteiger partial charge in [0.2, 0.25) is 5.78 Å². The highest BCUT2D eigenvalue weighted by atomic mass is 32.1. The minimum atomic E-state index is -0.558. The van der Waals surface area contributed by atoms with Gasteiger partial charge in [0, 0.05) is 5.56 Å². The zero-order chi connectivity index (χ0) is 10.8. The van der Waals surface area contributed by atoms with E-state index in [9.17, 15) is 9.18 Å². The predicted molar refractivity (Wildman–Crippen MR) is 58.6 cm³/mol. The number of carbonyl (C=O) groups is 1. The quantitative estimate of drug-likeness (QED) is 0.626. The maximum absolute atomic E-state index is 13.1. The van der Waals surface area contributed by atoms with Gasteiger partial charge in [0.05, 0.1) is 10.6 Å². The van der Waals surface area contributed by atoms with Gasteiger partial charge in [0.15, 0.2) is 0 Å². The molecule has 0 aliphatic rings. The molecule has 4 heteroatoms. The molecular formula is C11H8FNOS. The Morgan fingerprint density at radius 2 is 2.13 bits per heavy atom. The van der Waals surface area contributed by atoms with Gasteiger partial charge in [-0.3, -0.25) is 4.79 Å². The number of carbonyl (C=O) groups excluding carboxylic acids is 1. The van der Waals surface area contributed by atoms with E-state index in [0.717, 1.165) is 6.07 Å². The number of benzene rings is 1. The number of halogens is 1. The van der Waals surface area contributed by atoms with Gasteiger partial charge in [-0.25, -0.2) is 4.39 Å². The largest absolute Gasteiger partial charge is 0.396 e. The summed E-state index contributed by atoms with van der Waals surface area (Å²) in [7, 11) is 0. The third kappa shape index (κ3) is 1.89. The first-order chi connectivity index (χ1) is 7.18. The molecule has 0 amide bonds. The average Bonchev–Trinajstić information content (AvgIpc) is 2.74. The first-order valence-electron chi connectivity index (χ1n) is 4.31. The number of nitrogen functional groups attached to an aromatic ring is 1. The molecule has 0 radical (unpaired) electrons. The van der Waals surface area contributed by atoms with Crippen molar-refractivity contribution in [3.05, 3.63) is 52.0 Å². The molecule has 0 atom stereocenters. The molecule has 1 aromatic carbocycles. The maximum Gasteiger partial charge on any atom is 0.203 e. The smallest absolute Gasteiger partial charge is 0.203 e. The fourth-order valence-electron chi connectivity index (χ4n) is 1.22. The van der Waals surface area contributed by atoms with E-state index >= 15 is 0 Å². The lowest BCUT2D eigenvalue weighted by atomic mass is 10.1. The van der Waals surface area contributed by atoms with E-state index in [1.165, 1.54) is 23.5 Å². The van der Waals surface area contributed by atoms with Crippen LogP contribution in [0.2, 0.25) is 0 Å². The highest BCUT2D eigenvalue weighted by Gasteiger charge is 2.11. The highest BCUT2D eigenvalue weighted by Crippen LogP contribution is 2.18. The van der Waals surface area contributed by atoms with E-state index in [2.05, 4.69) is 0 Å². The molecule has 0 fully saturated rings. The van der Waals surface area contributed by atoms with E-state index in [0.29, 0.717) is 10.4 Å². The summed E-state index contributed by atoms with van der Waals surface area (Å²) in [6.45, 7) is 0. The first-order valence-corrected chi connectivity index (χ1v) is 5.19. The van der Waals surface area contributed by atoms with E-state index < -0.39 is 5.82 Å². The van der Waals surface area contributed by atoms with Gasteiger partial charge < -0.3 is 5.73 Å². The molecule has 0 aliphatic carbocycles. The molecule has 0 unspecified atom stereocenters. The Balaban J connectivity index is 2.39. The van der Waals surface area contributed by atoms with Crippen LogP contribution in [0, 0.1) is 5.82 Å². The zero-order valence-corrected chi connectivity index (χ0v) is 8.55. The van der Waals surface area contributed by atoms with Gasteiger partial charge in [-0.2, -0.15) is 0 Å². The summed E-state index contributed by atoms with van der Waals surface area (Å²) >= 11 is 1.33. The molecule has 2 nitrogen and oxygen atoms in total. The monoisotopic (exact) mass is 221 g/mol. The van der Waals surface area contributed by atoms with Gasteiger partial charge in [0.1, 0.15) is 5.82 Å². The maximum atomic E-state index is 13.1. The third-order valence-electron chi connectivity index (χ3n) is 2.01. The Labute approximate surface area is 90.2 Å². The number of nitrogens with two attached hydrogens (primary N) is 1. The van der Waals surface area contributed by atoms with Crippen LogP contribution in [-0.2, 0) is 0 Å². The van der Waals surface area contributed by atoms with Crippen molar-refractivity contribution in [3.8, 4) is 0 Å². The Kier molecular flexibility index (Phi) is 2.51. The molecule has 2 rings (SSSR count). The second kappa shape index (κ2) is 3.82. The Bertz CT molecular complexity index is 493. The zero-order valence-electron chi connectivity index (χ0n) is 7.74. The van der Waals surface area contributed by atoms with Crippen molar-refractivity contribution >= 4 is 22.8 Å². The minimum Gasteiger partial charge on any atom is -0.396 e. The number of hydrogen-bond acceptors (Lipinski definition) is 3. The van der Waals surface area contributed by atoms with Crippen molar-refractivity contribution in [1.29, 1.82) is 0 Å². The van der Waals surface area contributed by atoms with Crippen LogP contribution in [0.15, 0.2) is 35.7 Å². The summed E-state index contributed by atoms with van der Waals surface area (Å²) in [5.41, 5.74) is 5.70. The summed E-state index contributed by atoms with van der Waals surface area (Å²) < 4.78 is 13.1. The van der Waals surface area contributed by atoms with Crippen LogP contribution in [0.3, 0.4) is 0 Å². The van der Waals surface area contributed by atoms with Gasteiger partial charge in [-0.1, -0.05) is 6.07 Å². The number of ketones is 1. The molecule has 0 aliphatic heterocycles. The molecular weight excluding hydrogens is 213 g/mol. The molecule has 15 heavy (non-hydrogen) atoms. The van der Waals surface area contributed by atoms with Crippen molar-refractivity contribution in [2.24, 2.45) is 0 Å². The summed E-state index contributed by atoms with van der Waals surface area (Å²) in [6, 6.07) is 7.58. The summed E-state index contributed by atoms with van der Waals surface area (Å²) in [5, 5.41) is 1.81. The van der Waals surface area contributed by atoms with Gasteiger partial charge in [-0.15, -0.1) is 11.3 Å². The lowest BCUT2D eigenvalue weighted by Gasteiger charge is -2.00. The number of anilines is 1. The SMILES string of the molecule is Nc1ccc(C(=O)c2cccs2)cc1F. The van der Waals surface area contributed by atoms with Crippen molar-refractivity contribution < 1.29 is 9.18 Å².